The minimum atomic E-state index is 0.985. The Balaban J connectivity index is 2.19. The summed E-state index contributed by atoms with van der Waals surface area (Å²) in [4.78, 5) is 14.4. The van der Waals surface area contributed by atoms with Gasteiger partial charge in [-0.1, -0.05) is 136 Å². The Kier molecular flexibility index (Phi) is 20.7. The number of aromatic nitrogens is 3. The fraction of sp³-hybridized carbons (Fsp3) is 0.900. The molecule has 1 aromatic heterocycles. The third kappa shape index (κ3) is 18.1. The van der Waals surface area contributed by atoms with E-state index in [1.54, 1.807) is 0 Å². The van der Waals surface area contributed by atoms with E-state index in [9.17, 15) is 0 Å². The van der Waals surface area contributed by atoms with Gasteiger partial charge in [-0.25, -0.2) is 15.0 Å². The molecule has 0 aromatic carbocycles. The van der Waals surface area contributed by atoms with Crippen LogP contribution in [0.25, 0.3) is 0 Å². The van der Waals surface area contributed by atoms with E-state index in [2.05, 4.69) is 20.8 Å². The zero-order chi connectivity index (χ0) is 23.8. The first-order valence-corrected chi connectivity index (χ1v) is 15.0. The number of hydrogen-bond donors (Lipinski definition) is 0. The fourth-order valence-electron chi connectivity index (χ4n) is 4.62. The van der Waals surface area contributed by atoms with Gasteiger partial charge in [-0.05, 0) is 19.3 Å². The molecule has 0 unspecified atom stereocenters. The maximum absolute atomic E-state index is 4.84. The Morgan fingerprint density at radius 1 is 0.303 bits per heavy atom. The average Bonchev–Trinajstić information content (AvgIpc) is 2.81. The van der Waals surface area contributed by atoms with Crippen molar-refractivity contribution in [2.24, 2.45) is 0 Å². The average molecular weight is 460 g/mol. The van der Waals surface area contributed by atoms with Crippen LogP contribution in [0, 0.1) is 0 Å². The first-order chi connectivity index (χ1) is 16.3. The van der Waals surface area contributed by atoms with Crippen molar-refractivity contribution in [3.05, 3.63) is 17.5 Å². The van der Waals surface area contributed by atoms with Gasteiger partial charge in [0, 0.05) is 19.3 Å². The molecule has 0 aliphatic carbocycles. The van der Waals surface area contributed by atoms with Crippen molar-refractivity contribution in [3.8, 4) is 0 Å². The second-order valence-corrected chi connectivity index (χ2v) is 10.2. The summed E-state index contributed by atoms with van der Waals surface area (Å²) in [7, 11) is 0. The van der Waals surface area contributed by atoms with Crippen LogP contribution in [-0.2, 0) is 19.3 Å². The van der Waals surface area contributed by atoms with Crippen LogP contribution in [0.3, 0.4) is 0 Å². The summed E-state index contributed by atoms with van der Waals surface area (Å²) in [6.45, 7) is 6.80. The van der Waals surface area contributed by atoms with Gasteiger partial charge in [0.15, 0.2) is 0 Å². The normalized spacial score (nSPS) is 11.4. The van der Waals surface area contributed by atoms with Gasteiger partial charge < -0.3 is 0 Å². The van der Waals surface area contributed by atoms with Crippen LogP contribution in [0.5, 0.6) is 0 Å². The molecule has 0 saturated carbocycles. The Morgan fingerprint density at radius 3 is 0.879 bits per heavy atom. The standard InChI is InChI=1S/C30H57N3/c1-4-7-9-11-13-15-17-19-21-23-26-29-31-28(25-6-3)32-30(33-29)27-24-22-20-18-16-14-12-10-8-5-2/h4-27H2,1-3H3. The Bertz CT molecular complexity index is 501. The lowest BCUT2D eigenvalue weighted by atomic mass is 10.1. The van der Waals surface area contributed by atoms with Gasteiger partial charge in [0.1, 0.15) is 17.5 Å². The molecule has 0 atom stereocenters. The van der Waals surface area contributed by atoms with E-state index < -0.39 is 0 Å². The van der Waals surface area contributed by atoms with Crippen molar-refractivity contribution in [1.29, 1.82) is 0 Å². The molecule has 0 aliphatic heterocycles. The van der Waals surface area contributed by atoms with E-state index in [0.29, 0.717) is 0 Å². The highest BCUT2D eigenvalue weighted by Crippen LogP contribution is 2.14. The van der Waals surface area contributed by atoms with E-state index in [4.69, 9.17) is 15.0 Å². The molecule has 1 aromatic rings. The van der Waals surface area contributed by atoms with Gasteiger partial charge in [-0.3, -0.25) is 0 Å². The highest BCUT2D eigenvalue weighted by atomic mass is 15.0. The maximum atomic E-state index is 4.84. The molecule has 1 heterocycles. The van der Waals surface area contributed by atoms with Crippen LogP contribution in [-0.4, -0.2) is 15.0 Å². The summed E-state index contributed by atoms with van der Waals surface area (Å²) in [6.07, 6.45) is 31.7. The van der Waals surface area contributed by atoms with Crippen LogP contribution in [0.4, 0.5) is 0 Å². The van der Waals surface area contributed by atoms with Crippen molar-refractivity contribution < 1.29 is 0 Å². The number of nitrogens with zero attached hydrogens (tertiary/aromatic N) is 3. The van der Waals surface area contributed by atoms with Crippen LogP contribution >= 0.6 is 0 Å². The van der Waals surface area contributed by atoms with Crippen molar-refractivity contribution in [2.75, 3.05) is 0 Å². The summed E-state index contributed by atoms with van der Waals surface area (Å²) in [6, 6.07) is 0. The van der Waals surface area contributed by atoms with Crippen LogP contribution in [0.15, 0.2) is 0 Å². The molecule has 0 bridgehead atoms. The monoisotopic (exact) mass is 459 g/mol. The van der Waals surface area contributed by atoms with E-state index >= 15 is 0 Å². The summed E-state index contributed by atoms with van der Waals surface area (Å²) in [5.74, 6) is 3.13. The molecule has 33 heavy (non-hydrogen) atoms. The van der Waals surface area contributed by atoms with Crippen molar-refractivity contribution in [2.45, 2.75) is 175 Å². The third-order valence-corrected chi connectivity index (χ3v) is 6.76. The molecular weight excluding hydrogens is 402 g/mol. The van der Waals surface area contributed by atoms with Gasteiger partial charge >= 0.3 is 0 Å². The summed E-state index contributed by atoms with van der Waals surface area (Å²) in [5.41, 5.74) is 0. The molecule has 0 N–H and O–H groups in total. The lowest BCUT2D eigenvalue weighted by Gasteiger charge is -2.08. The van der Waals surface area contributed by atoms with Gasteiger partial charge in [-0.15, -0.1) is 0 Å². The fourth-order valence-corrected chi connectivity index (χ4v) is 4.62. The molecule has 3 nitrogen and oxygen atoms in total. The maximum Gasteiger partial charge on any atom is 0.132 e. The smallest absolute Gasteiger partial charge is 0.132 e. The largest absolute Gasteiger partial charge is 0.218 e. The van der Waals surface area contributed by atoms with Crippen LogP contribution < -0.4 is 0 Å². The molecule has 1 rings (SSSR count). The van der Waals surface area contributed by atoms with Gasteiger partial charge in [-0.2, -0.15) is 0 Å². The van der Waals surface area contributed by atoms with Gasteiger partial charge in [0.2, 0.25) is 0 Å². The predicted octanol–water partition coefficient (Wildman–Crippen LogP) is 9.75. The van der Waals surface area contributed by atoms with Crippen molar-refractivity contribution >= 4 is 0 Å². The Hall–Kier alpha value is -0.990. The topological polar surface area (TPSA) is 38.7 Å². The molecule has 0 aliphatic rings. The highest BCUT2D eigenvalue weighted by molar-refractivity contribution is 4.98. The molecule has 192 valence electrons. The Labute approximate surface area is 207 Å². The number of aryl methyl sites for hydroxylation is 3. The first kappa shape index (κ1) is 30.0. The van der Waals surface area contributed by atoms with Gasteiger partial charge in [0.25, 0.3) is 0 Å². The minimum Gasteiger partial charge on any atom is -0.218 e. The quantitative estimate of drug-likeness (QED) is 0.144. The van der Waals surface area contributed by atoms with Crippen molar-refractivity contribution in [1.82, 2.24) is 15.0 Å². The second-order valence-electron chi connectivity index (χ2n) is 10.2. The van der Waals surface area contributed by atoms with E-state index in [-0.39, 0.29) is 0 Å². The molecule has 0 saturated heterocycles. The molecule has 0 fully saturated rings. The zero-order valence-corrected chi connectivity index (χ0v) is 22.8. The predicted molar refractivity (Wildman–Crippen MR) is 145 cm³/mol. The number of rotatable bonds is 24. The molecule has 3 heteroatoms. The molecule has 0 spiro atoms. The SMILES string of the molecule is CCCCCCCCCCCCc1nc(CCC)nc(CCCCCCCCCCCC)n1. The Morgan fingerprint density at radius 2 is 0.576 bits per heavy atom. The summed E-state index contributed by atoms with van der Waals surface area (Å²) in [5, 5.41) is 0. The first-order valence-electron chi connectivity index (χ1n) is 15.0. The molecule has 0 amide bonds. The summed E-state index contributed by atoms with van der Waals surface area (Å²) < 4.78 is 0. The summed E-state index contributed by atoms with van der Waals surface area (Å²) >= 11 is 0. The molecular formula is C30H57N3. The number of unbranched alkanes of at least 4 members (excludes halogenated alkanes) is 18. The van der Waals surface area contributed by atoms with Gasteiger partial charge in [0.05, 0.1) is 0 Å². The zero-order valence-electron chi connectivity index (χ0n) is 22.8. The highest BCUT2D eigenvalue weighted by Gasteiger charge is 2.07. The lowest BCUT2D eigenvalue weighted by molar-refractivity contribution is 0.548. The van der Waals surface area contributed by atoms with E-state index in [1.807, 2.05) is 0 Å². The van der Waals surface area contributed by atoms with Crippen LogP contribution in [0.2, 0.25) is 0 Å². The molecule has 0 radical (unpaired) electrons. The third-order valence-electron chi connectivity index (χ3n) is 6.76. The minimum absolute atomic E-state index is 0.985. The van der Waals surface area contributed by atoms with Crippen LogP contribution in [0.1, 0.15) is 173 Å². The van der Waals surface area contributed by atoms with E-state index in [0.717, 1.165) is 43.2 Å². The number of hydrogen-bond acceptors (Lipinski definition) is 3. The van der Waals surface area contributed by atoms with Crippen molar-refractivity contribution in [3.63, 3.8) is 0 Å². The van der Waals surface area contributed by atoms with E-state index in [1.165, 1.54) is 128 Å². The lowest BCUT2D eigenvalue weighted by Crippen LogP contribution is -2.08. The second kappa shape index (κ2) is 22.8.